The van der Waals surface area contributed by atoms with Crippen molar-refractivity contribution in [2.24, 2.45) is 0 Å². The van der Waals surface area contributed by atoms with Gasteiger partial charge in [0.15, 0.2) is 45.3 Å². The van der Waals surface area contributed by atoms with Crippen LogP contribution in [0.5, 0.6) is 34.5 Å². The molecule has 0 aliphatic rings. The normalized spacial score (nSPS) is 11.4. The van der Waals surface area contributed by atoms with Crippen molar-refractivity contribution in [1.82, 2.24) is 18.3 Å². The number of halogens is 6. The summed E-state index contributed by atoms with van der Waals surface area (Å²) >= 11 is 9.50. The molecule has 12 aromatic carbocycles. The van der Waals surface area contributed by atoms with Crippen molar-refractivity contribution in [2.75, 3.05) is 39.2 Å². The van der Waals surface area contributed by atoms with Gasteiger partial charge >= 0.3 is 22.5 Å². The lowest BCUT2D eigenvalue weighted by molar-refractivity contribution is 0.413. The van der Waals surface area contributed by atoms with Gasteiger partial charge in [-0.15, -0.1) is 47.0 Å². The Morgan fingerprint density at radius 3 is 0.930 bits per heavy atom. The van der Waals surface area contributed by atoms with E-state index in [1.807, 2.05) is 79.6 Å². The zero-order chi connectivity index (χ0) is 100. The van der Waals surface area contributed by atoms with E-state index in [4.69, 9.17) is 27.1 Å². The summed E-state index contributed by atoms with van der Waals surface area (Å²) in [5, 5.41) is 46.1. The number of rotatable bonds is 22. The molecular weight excluding hydrogens is 1990 g/mol. The third-order valence-electron chi connectivity index (χ3n) is 22.7. The van der Waals surface area contributed by atoms with Crippen molar-refractivity contribution in [2.45, 2.75) is 84.9 Å². The Kier molecular flexibility index (Phi) is 29.9. The Morgan fingerprint density at radius 1 is 0.275 bits per heavy atom. The van der Waals surface area contributed by atoms with Crippen LogP contribution in [0.15, 0.2) is 382 Å². The minimum absolute atomic E-state index is 0.0266. The van der Waals surface area contributed by atoms with Gasteiger partial charge in [-0.2, -0.15) is 0 Å². The van der Waals surface area contributed by atoms with E-state index >= 15 is 0 Å². The molecule has 0 atom stereocenters. The summed E-state index contributed by atoms with van der Waals surface area (Å²) in [6, 6.07) is 70.7. The third kappa shape index (κ3) is 20.7. The number of pyridine rings is 4. The molecule has 20 aromatic rings. The SMILES string of the molecule is COc1ccc(Sc2c(O)c3c(=O)n(Cc4ccc(F)cc4)c4ccc(SC)cc4c3oc2=O)cc1.COc1cccc(Sc2c(O)c3c(=O)n(Cc4ccc(F)cc4)c4ccc(SC)cc4c3oc2=O)c1.CSc1ccc2c(c1)c1oc(=O)c(Sc3ccc(F)cc3F)c(O)c1c(=O)n2Cc1ccc(F)cc1.CSc1ccc2c3oc(=O)c(Sc4ccccc4)c(O)c3c(=O)n(Cc3ccc(F)cc3)c2c1. The summed E-state index contributed by atoms with van der Waals surface area (Å²) in [6.07, 6.45) is 7.60. The molecule has 0 saturated carbocycles. The molecule has 0 unspecified atom stereocenters. The molecule has 0 aliphatic heterocycles. The molecule has 36 heteroatoms. The first-order valence-corrected chi connectivity index (χ1v) is 50.8. The Labute approximate surface area is 833 Å². The van der Waals surface area contributed by atoms with Crippen LogP contribution in [0.1, 0.15) is 22.3 Å². The highest BCUT2D eigenvalue weighted by atomic mass is 32.2. The Hall–Kier alpha value is -14.5. The largest absolute Gasteiger partial charge is 0.505 e. The fourth-order valence-corrected chi connectivity index (χ4v) is 20.8. The molecule has 142 heavy (non-hydrogen) atoms. The summed E-state index contributed by atoms with van der Waals surface area (Å²) in [5.41, 5.74) is -0.545. The van der Waals surface area contributed by atoms with E-state index < -0.39 is 90.1 Å². The first-order valence-electron chi connectivity index (χ1n) is 42.6. The highest BCUT2D eigenvalue weighted by Gasteiger charge is 2.30. The van der Waals surface area contributed by atoms with Gasteiger partial charge in [0.1, 0.15) is 87.5 Å². The van der Waals surface area contributed by atoms with E-state index in [-0.39, 0.29) is 107 Å². The molecule has 22 nitrogen and oxygen atoms in total. The molecular formula is C106H74F6N4O18S8. The predicted octanol–water partition coefficient (Wildman–Crippen LogP) is 23.8. The number of methoxy groups -OCH3 is 2. The number of ether oxygens (including phenoxy) is 2. The fraction of sp³-hybridized carbons (Fsp3) is 0.0943. The van der Waals surface area contributed by atoms with Gasteiger partial charge in [0.25, 0.3) is 22.2 Å². The van der Waals surface area contributed by atoms with Gasteiger partial charge in [0.05, 0.1) is 62.5 Å². The number of aromatic hydroxyl groups is 4. The standard InChI is InChI=1S/2C27H20FNO5S2.C26H16F3NO4S2.C26H18FNO4S2/c1-33-17-7-9-18(10-8-17)36-25-23(30)22-24(34-27(25)32)20-13-19(35-2)11-12-21(20)29(26(22)31)14-15-3-5-16(28)6-4-15;1-33-17-4-3-5-19(12-17)36-25-23(30)22-24(34-27(25)32)20-13-18(35-2)10-11-21(20)29(26(22)31)14-15-6-8-16(28)9-7-15;1-35-16-7-8-19-17(11-16)23-21(25(32)30(19)12-13-2-4-14(27)5-3-13)22(31)24(26(33)34-23)36-20-9-6-15(28)10-18(20)29;1-33-18-11-12-19-20(13-18)28(14-15-7-9-16(27)10-8-15)25(30)21-22(29)24(26(31)32-23(19)21)34-17-5-3-2-4-6-17/h2*3-13,30H,14H2,1-2H3;2-11,31H,12H2,1H3;2-13,29H,14H2,1H3. The maximum atomic E-state index is 14.2. The van der Waals surface area contributed by atoms with E-state index in [0.717, 1.165) is 77.5 Å². The zero-order valence-corrected chi connectivity index (χ0v) is 81.6. The zero-order valence-electron chi connectivity index (χ0n) is 75.1. The van der Waals surface area contributed by atoms with E-state index in [1.165, 1.54) is 133 Å². The molecule has 0 fully saturated rings. The maximum Gasteiger partial charge on any atom is 0.354 e. The predicted molar refractivity (Wildman–Crippen MR) is 548 cm³/mol. The highest BCUT2D eigenvalue weighted by molar-refractivity contribution is 8.00. The van der Waals surface area contributed by atoms with Crippen LogP contribution in [-0.4, -0.2) is 77.9 Å². The molecule has 0 radical (unpaired) electrons. The van der Waals surface area contributed by atoms with Crippen LogP contribution in [0.3, 0.4) is 0 Å². The number of nitrogens with zero attached hydrogens (tertiary/aromatic N) is 4. The van der Waals surface area contributed by atoms with Crippen LogP contribution in [0.2, 0.25) is 0 Å². The second kappa shape index (κ2) is 42.9. The molecule has 0 saturated heterocycles. The lowest BCUT2D eigenvalue weighted by Crippen LogP contribution is -2.23. The number of hydrogen-bond donors (Lipinski definition) is 4. The number of benzene rings is 12. The molecule has 716 valence electrons. The van der Waals surface area contributed by atoms with Gasteiger partial charge in [-0.05, 0) is 235 Å². The topological polar surface area (TPSA) is 308 Å². The Bertz CT molecular complexity index is 8910. The van der Waals surface area contributed by atoms with Crippen molar-refractivity contribution in [3.8, 4) is 34.5 Å². The quantitative estimate of drug-likeness (QED) is 0.0278. The fourth-order valence-electron chi connectivity index (χ4n) is 15.7. The average Bonchev–Trinajstić information content (AvgIpc) is 0.743. The summed E-state index contributed by atoms with van der Waals surface area (Å²) < 4.78 is 120. The van der Waals surface area contributed by atoms with E-state index in [2.05, 4.69) is 0 Å². The van der Waals surface area contributed by atoms with Crippen LogP contribution in [-0.2, 0) is 26.2 Å². The van der Waals surface area contributed by atoms with Crippen molar-refractivity contribution in [3.63, 3.8) is 0 Å². The molecule has 0 amide bonds. The number of aromatic nitrogens is 4. The van der Waals surface area contributed by atoms with Crippen LogP contribution < -0.4 is 54.2 Å². The molecule has 8 heterocycles. The summed E-state index contributed by atoms with van der Waals surface area (Å²) in [6.45, 7) is 0.492. The monoisotopic (exact) mass is 2060 g/mol. The van der Waals surface area contributed by atoms with Crippen molar-refractivity contribution < 1.29 is 73.9 Å². The van der Waals surface area contributed by atoms with Crippen molar-refractivity contribution in [1.29, 1.82) is 0 Å². The second-order valence-corrected chi connectivity index (χ2v) is 39.2. The van der Waals surface area contributed by atoms with Gasteiger partial charge in [0.2, 0.25) is 0 Å². The van der Waals surface area contributed by atoms with Gasteiger partial charge in [0, 0.05) is 66.8 Å². The van der Waals surface area contributed by atoms with Gasteiger partial charge in [-0.1, -0.05) is 120 Å². The van der Waals surface area contributed by atoms with E-state index in [0.29, 0.717) is 99.4 Å². The first kappa shape index (κ1) is 99.1. The lowest BCUT2D eigenvalue weighted by Gasteiger charge is -2.15. The van der Waals surface area contributed by atoms with Crippen LogP contribution in [0.25, 0.3) is 87.5 Å². The minimum atomic E-state index is -0.972. The van der Waals surface area contributed by atoms with E-state index in [1.54, 1.807) is 141 Å². The molecule has 0 spiro atoms. The lowest BCUT2D eigenvalue weighted by atomic mass is 10.1. The molecule has 8 aromatic heterocycles. The third-order valence-corrected chi connectivity index (χ3v) is 29.9. The number of thioether (sulfide) groups is 4. The number of fused-ring (bicyclic) bond motifs is 12. The second-order valence-electron chi connectivity index (χ2n) is 31.3. The van der Waals surface area contributed by atoms with Gasteiger partial charge in [-0.25, -0.2) is 45.5 Å². The Balaban J connectivity index is 0.000000130. The highest BCUT2D eigenvalue weighted by Crippen LogP contribution is 2.45. The van der Waals surface area contributed by atoms with Gasteiger partial charge < -0.3 is 65.8 Å². The van der Waals surface area contributed by atoms with Crippen molar-refractivity contribution >= 4 is 182 Å². The van der Waals surface area contributed by atoms with Crippen molar-refractivity contribution in [3.05, 3.63) is 407 Å². The van der Waals surface area contributed by atoms with Crippen LogP contribution >= 0.6 is 94.1 Å². The smallest absolute Gasteiger partial charge is 0.354 e. The Morgan fingerprint density at radius 2 is 0.577 bits per heavy atom. The first-order chi connectivity index (χ1) is 68.5. The molecule has 4 N–H and O–H groups in total. The molecule has 20 rings (SSSR count). The summed E-state index contributed by atoms with van der Waals surface area (Å²) in [5.74, 6) is -3.99. The number of hydrogen-bond acceptors (Lipinski definition) is 26. The van der Waals surface area contributed by atoms with E-state index in [9.17, 15) is 85.1 Å². The minimum Gasteiger partial charge on any atom is -0.505 e. The summed E-state index contributed by atoms with van der Waals surface area (Å²) in [7, 11) is 3.08. The van der Waals surface area contributed by atoms with Crippen LogP contribution in [0.4, 0.5) is 26.3 Å². The maximum absolute atomic E-state index is 14.2. The molecule has 0 aliphatic carbocycles. The molecule has 0 bridgehead atoms. The average molecular weight is 2060 g/mol. The van der Waals surface area contributed by atoms with Crippen LogP contribution in [0, 0.1) is 34.9 Å². The summed E-state index contributed by atoms with van der Waals surface area (Å²) in [4.78, 5) is 111. The van der Waals surface area contributed by atoms with Gasteiger partial charge in [-0.3, -0.25) is 19.2 Å².